The largest absolute Gasteiger partial charge is 0.384 e. The van der Waals surface area contributed by atoms with Crippen LogP contribution in [0.1, 0.15) is 25.1 Å². The standard InChI is InChI=1S/C14H17FN2O/c1-3-17-13(7-8-16-17)14(2,18)10-11-5-4-6-12(15)9-11/h4-9,18H,3,10H2,1-2H3. The molecule has 0 aliphatic carbocycles. The first-order chi connectivity index (χ1) is 8.53. The number of aliphatic hydroxyl groups is 1. The van der Waals surface area contributed by atoms with E-state index in [2.05, 4.69) is 5.10 Å². The number of halogens is 1. The van der Waals surface area contributed by atoms with Crippen LogP contribution >= 0.6 is 0 Å². The van der Waals surface area contributed by atoms with Gasteiger partial charge in [-0.25, -0.2) is 4.39 Å². The lowest BCUT2D eigenvalue weighted by Crippen LogP contribution is -2.28. The van der Waals surface area contributed by atoms with E-state index in [0.29, 0.717) is 13.0 Å². The van der Waals surface area contributed by atoms with Crippen LogP contribution in [0.3, 0.4) is 0 Å². The molecule has 1 aromatic heterocycles. The van der Waals surface area contributed by atoms with Gasteiger partial charge in [0, 0.05) is 19.2 Å². The van der Waals surface area contributed by atoms with Gasteiger partial charge in [0.15, 0.2) is 0 Å². The first-order valence-corrected chi connectivity index (χ1v) is 6.02. The second kappa shape index (κ2) is 4.90. The monoisotopic (exact) mass is 248 g/mol. The number of rotatable bonds is 4. The minimum absolute atomic E-state index is 0.285. The molecule has 2 rings (SSSR count). The SMILES string of the molecule is CCn1nccc1C(C)(O)Cc1cccc(F)c1. The van der Waals surface area contributed by atoms with Crippen LogP contribution in [0.25, 0.3) is 0 Å². The molecule has 2 aromatic rings. The zero-order chi connectivity index (χ0) is 13.2. The number of aromatic nitrogens is 2. The molecule has 1 atom stereocenters. The van der Waals surface area contributed by atoms with Crippen LogP contribution in [0.4, 0.5) is 4.39 Å². The lowest BCUT2D eigenvalue weighted by molar-refractivity contribution is 0.0480. The quantitative estimate of drug-likeness (QED) is 0.902. The highest BCUT2D eigenvalue weighted by atomic mass is 19.1. The van der Waals surface area contributed by atoms with E-state index < -0.39 is 5.60 Å². The summed E-state index contributed by atoms with van der Waals surface area (Å²) in [5.41, 5.74) is 0.457. The molecule has 1 heterocycles. The predicted molar refractivity (Wildman–Crippen MR) is 67.6 cm³/mol. The molecule has 0 fully saturated rings. The maximum atomic E-state index is 13.1. The van der Waals surface area contributed by atoms with Crippen molar-refractivity contribution in [3.8, 4) is 0 Å². The fourth-order valence-electron chi connectivity index (χ4n) is 2.18. The summed E-state index contributed by atoms with van der Waals surface area (Å²) in [6, 6.07) is 8.10. The molecule has 0 aliphatic heterocycles. The summed E-state index contributed by atoms with van der Waals surface area (Å²) >= 11 is 0. The van der Waals surface area contributed by atoms with Gasteiger partial charge in [0.1, 0.15) is 11.4 Å². The summed E-state index contributed by atoms with van der Waals surface area (Å²) < 4.78 is 14.9. The highest BCUT2D eigenvalue weighted by Crippen LogP contribution is 2.25. The zero-order valence-electron chi connectivity index (χ0n) is 10.6. The normalized spacial score (nSPS) is 14.4. The van der Waals surface area contributed by atoms with E-state index in [1.807, 2.05) is 13.0 Å². The molecular weight excluding hydrogens is 231 g/mol. The van der Waals surface area contributed by atoms with Crippen LogP contribution in [0.15, 0.2) is 36.5 Å². The Balaban J connectivity index is 2.26. The Kier molecular flexibility index (Phi) is 3.48. The van der Waals surface area contributed by atoms with Crippen LogP contribution < -0.4 is 0 Å². The zero-order valence-corrected chi connectivity index (χ0v) is 10.6. The van der Waals surface area contributed by atoms with Crippen molar-refractivity contribution in [2.75, 3.05) is 0 Å². The van der Waals surface area contributed by atoms with Gasteiger partial charge in [0.25, 0.3) is 0 Å². The van der Waals surface area contributed by atoms with Gasteiger partial charge >= 0.3 is 0 Å². The van der Waals surface area contributed by atoms with Crippen LogP contribution in [0.5, 0.6) is 0 Å². The molecule has 3 nitrogen and oxygen atoms in total. The van der Waals surface area contributed by atoms with Crippen LogP contribution in [0, 0.1) is 5.82 Å². The van der Waals surface area contributed by atoms with Crippen molar-refractivity contribution in [2.45, 2.75) is 32.4 Å². The van der Waals surface area contributed by atoms with E-state index in [4.69, 9.17) is 0 Å². The third-order valence-electron chi connectivity index (χ3n) is 3.01. The second-order valence-corrected chi connectivity index (χ2v) is 4.61. The molecule has 18 heavy (non-hydrogen) atoms. The molecule has 0 radical (unpaired) electrons. The Hall–Kier alpha value is -1.68. The molecule has 0 amide bonds. The van der Waals surface area contributed by atoms with Gasteiger partial charge in [-0.2, -0.15) is 5.10 Å². The number of hydrogen-bond donors (Lipinski definition) is 1. The summed E-state index contributed by atoms with van der Waals surface area (Å²) in [5, 5.41) is 14.7. The molecule has 0 bridgehead atoms. The summed E-state index contributed by atoms with van der Waals surface area (Å²) in [7, 11) is 0. The van der Waals surface area contributed by atoms with Gasteiger partial charge < -0.3 is 5.11 Å². The summed E-state index contributed by atoms with van der Waals surface area (Å²) in [5.74, 6) is -0.285. The molecule has 1 aromatic carbocycles. The average Bonchev–Trinajstić information content (AvgIpc) is 2.77. The Bertz CT molecular complexity index is 534. The molecule has 0 saturated heterocycles. The maximum absolute atomic E-state index is 13.1. The Morgan fingerprint density at radius 2 is 2.17 bits per heavy atom. The molecule has 0 spiro atoms. The highest BCUT2D eigenvalue weighted by molar-refractivity contribution is 5.22. The van der Waals surface area contributed by atoms with E-state index in [1.54, 1.807) is 29.9 Å². The lowest BCUT2D eigenvalue weighted by Gasteiger charge is -2.24. The first-order valence-electron chi connectivity index (χ1n) is 6.02. The van der Waals surface area contributed by atoms with Crippen molar-refractivity contribution in [3.05, 3.63) is 53.6 Å². The third kappa shape index (κ3) is 2.59. The van der Waals surface area contributed by atoms with Gasteiger partial charge in [-0.05, 0) is 37.6 Å². The van der Waals surface area contributed by atoms with Gasteiger partial charge in [-0.1, -0.05) is 12.1 Å². The van der Waals surface area contributed by atoms with Crippen molar-refractivity contribution in [1.82, 2.24) is 9.78 Å². The van der Waals surface area contributed by atoms with E-state index in [1.165, 1.54) is 12.1 Å². The summed E-state index contributed by atoms with van der Waals surface area (Å²) in [4.78, 5) is 0. The fourth-order valence-corrected chi connectivity index (χ4v) is 2.18. The molecule has 4 heteroatoms. The van der Waals surface area contributed by atoms with Crippen LogP contribution in [-0.2, 0) is 18.6 Å². The molecule has 0 aliphatic rings. The van der Waals surface area contributed by atoms with E-state index >= 15 is 0 Å². The molecule has 1 N–H and O–H groups in total. The Labute approximate surface area is 106 Å². The smallest absolute Gasteiger partial charge is 0.123 e. The van der Waals surface area contributed by atoms with Crippen molar-refractivity contribution in [2.24, 2.45) is 0 Å². The van der Waals surface area contributed by atoms with E-state index in [9.17, 15) is 9.50 Å². The maximum Gasteiger partial charge on any atom is 0.123 e. The van der Waals surface area contributed by atoms with E-state index in [0.717, 1.165) is 11.3 Å². The molecule has 96 valence electrons. The lowest BCUT2D eigenvalue weighted by atomic mass is 9.93. The highest BCUT2D eigenvalue weighted by Gasteiger charge is 2.27. The molecule has 0 saturated carbocycles. The van der Waals surface area contributed by atoms with Crippen molar-refractivity contribution < 1.29 is 9.50 Å². The third-order valence-corrected chi connectivity index (χ3v) is 3.01. The molecule has 1 unspecified atom stereocenters. The van der Waals surface area contributed by atoms with E-state index in [-0.39, 0.29) is 5.82 Å². The first kappa shape index (κ1) is 12.8. The summed E-state index contributed by atoms with van der Waals surface area (Å²) in [6.07, 6.45) is 2.02. The number of benzene rings is 1. The van der Waals surface area contributed by atoms with Gasteiger partial charge in [0.05, 0.1) is 5.69 Å². The number of nitrogens with zero attached hydrogens (tertiary/aromatic N) is 2. The number of aryl methyl sites for hydroxylation is 1. The van der Waals surface area contributed by atoms with Gasteiger partial charge in [0.2, 0.25) is 0 Å². The van der Waals surface area contributed by atoms with Crippen LogP contribution in [0.2, 0.25) is 0 Å². The van der Waals surface area contributed by atoms with Gasteiger partial charge in [-0.15, -0.1) is 0 Å². The van der Waals surface area contributed by atoms with Crippen molar-refractivity contribution >= 4 is 0 Å². The Morgan fingerprint density at radius 3 is 2.83 bits per heavy atom. The molecular formula is C14H17FN2O. The van der Waals surface area contributed by atoms with Gasteiger partial charge in [-0.3, -0.25) is 4.68 Å². The average molecular weight is 248 g/mol. The van der Waals surface area contributed by atoms with Crippen molar-refractivity contribution in [3.63, 3.8) is 0 Å². The minimum atomic E-state index is -1.06. The predicted octanol–water partition coefficient (Wildman–Crippen LogP) is 2.49. The topological polar surface area (TPSA) is 38.0 Å². The fraction of sp³-hybridized carbons (Fsp3) is 0.357. The minimum Gasteiger partial charge on any atom is -0.384 e. The summed E-state index contributed by atoms with van der Waals surface area (Å²) in [6.45, 7) is 4.39. The second-order valence-electron chi connectivity index (χ2n) is 4.61. The Morgan fingerprint density at radius 1 is 1.39 bits per heavy atom. The van der Waals surface area contributed by atoms with Crippen molar-refractivity contribution in [1.29, 1.82) is 0 Å². The van der Waals surface area contributed by atoms with Crippen LogP contribution in [-0.4, -0.2) is 14.9 Å². The number of hydrogen-bond acceptors (Lipinski definition) is 2.